The molecule has 0 aliphatic carbocycles. The minimum absolute atomic E-state index is 0.291. The molecule has 5 rings (SSSR count). The minimum atomic E-state index is -0.291. The first-order valence-corrected chi connectivity index (χ1v) is 12.4. The zero-order valence-corrected chi connectivity index (χ0v) is 20.2. The highest BCUT2D eigenvalue weighted by molar-refractivity contribution is 7.17. The number of halogens is 2. The lowest BCUT2D eigenvalue weighted by molar-refractivity contribution is 0.627. The van der Waals surface area contributed by atoms with E-state index in [1.807, 2.05) is 48.6 Å². The zero-order valence-electron chi connectivity index (χ0n) is 19.4. The van der Waals surface area contributed by atoms with Crippen molar-refractivity contribution in [1.29, 1.82) is 0 Å². The molecule has 0 saturated carbocycles. The molecule has 0 unspecified atom stereocenters. The molecule has 4 aromatic carbocycles. The Kier molecular flexibility index (Phi) is 7.15. The van der Waals surface area contributed by atoms with E-state index >= 15 is 0 Å². The van der Waals surface area contributed by atoms with Crippen molar-refractivity contribution in [2.24, 2.45) is 0 Å². The average molecular weight is 492 g/mol. The summed E-state index contributed by atoms with van der Waals surface area (Å²) < 4.78 is 27.0. The maximum Gasteiger partial charge on any atom is 0.123 e. The summed E-state index contributed by atoms with van der Waals surface area (Å²) in [5, 5.41) is 1.10. The molecule has 176 valence electrons. The second-order valence-corrected chi connectivity index (χ2v) is 9.23. The van der Waals surface area contributed by atoms with E-state index in [2.05, 4.69) is 47.4 Å². The summed E-state index contributed by atoms with van der Waals surface area (Å²) in [4.78, 5) is 3.33. The van der Waals surface area contributed by atoms with Gasteiger partial charge in [-0.15, -0.1) is 11.3 Å². The number of para-hydroxylation sites is 2. The third-order valence-corrected chi connectivity index (χ3v) is 6.73. The molecule has 0 bridgehead atoms. The first-order valence-electron chi connectivity index (χ1n) is 11.6. The smallest absolute Gasteiger partial charge is 0.123 e. The molecule has 36 heavy (non-hydrogen) atoms. The molecule has 0 N–H and O–H groups in total. The van der Waals surface area contributed by atoms with Crippen molar-refractivity contribution in [1.82, 2.24) is 0 Å². The van der Waals surface area contributed by atoms with Crippen LogP contribution in [0.5, 0.6) is 0 Å². The third-order valence-electron chi connectivity index (χ3n) is 5.70. The monoisotopic (exact) mass is 491 g/mol. The fourth-order valence-electron chi connectivity index (χ4n) is 3.97. The highest BCUT2D eigenvalue weighted by Gasteiger charge is 2.13. The quantitative estimate of drug-likeness (QED) is 0.205. The van der Waals surface area contributed by atoms with Crippen LogP contribution in [0.15, 0.2) is 133 Å². The van der Waals surface area contributed by atoms with E-state index in [1.165, 1.54) is 24.3 Å². The molecule has 0 spiro atoms. The maximum absolute atomic E-state index is 13.5. The molecule has 1 heterocycles. The Morgan fingerprint density at radius 1 is 0.583 bits per heavy atom. The number of allylic oxidation sites excluding steroid dienone is 2. The fraction of sp³-hybridized carbons (Fsp3) is 0. The summed E-state index contributed by atoms with van der Waals surface area (Å²) in [6.45, 7) is 0. The summed E-state index contributed by atoms with van der Waals surface area (Å²) in [6, 6.07) is 37.5. The van der Waals surface area contributed by atoms with Crippen molar-refractivity contribution in [3.05, 3.63) is 161 Å². The first-order chi connectivity index (χ1) is 17.7. The molecule has 1 nitrogen and oxygen atoms in total. The number of benzene rings is 4. The molecule has 0 amide bonds. The van der Waals surface area contributed by atoms with E-state index in [4.69, 9.17) is 0 Å². The van der Waals surface area contributed by atoms with E-state index in [0.717, 1.165) is 38.0 Å². The summed E-state index contributed by atoms with van der Waals surface area (Å²) in [5.41, 5.74) is 4.79. The Morgan fingerprint density at radius 2 is 1.08 bits per heavy atom. The van der Waals surface area contributed by atoms with Gasteiger partial charge in [0.15, 0.2) is 0 Å². The number of thiophene rings is 1. The van der Waals surface area contributed by atoms with Gasteiger partial charge in [-0.2, -0.15) is 0 Å². The largest absolute Gasteiger partial charge is 0.302 e. The summed E-state index contributed by atoms with van der Waals surface area (Å²) in [5.74, 6) is -0.583. The standard InChI is InChI=1S/C32H23F2NS/c33-26-18-14-24(15-19-26)31(25-16-20-27(34)21-17-25)13-7-12-30-22-23-32(36-30)35(28-8-3-1-4-9-28)29-10-5-2-6-11-29/h1-23H. The third kappa shape index (κ3) is 5.51. The van der Waals surface area contributed by atoms with Crippen molar-refractivity contribution < 1.29 is 8.78 Å². The second kappa shape index (κ2) is 11.0. The number of nitrogens with zero attached hydrogens (tertiary/aromatic N) is 1. The second-order valence-electron chi connectivity index (χ2n) is 8.14. The van der Waals surface area contributed by atoms with Gasteiger partial charge in [-0.05, 0) is 83.4 Å². The summed E-state index contributed by atoms with van der Waals surface area (Å²) in [7, 11) is 0. The lowest BCUT2D eigenvalue weighted by Gasteiger charge is -2.23. The van der Waals surface area contributed by atoms with Gasteiger partial charge in [0, 0.05) is 16.3 Å². The van der Waals surface area contributed by atoms with Gasteiger partial charge in [-0.25, -0.2) is 8.78 Å². The van der Waals surface area contributed by atoms with Gasteiger partial charge < -0.3 is 4.90 Å². The van der Waals surface area contributed by atoms with Crippen molar-refractivity contribution in [2.75, 3.05) is 4.90 Å². The Morgan fingerprint density at radius 3 is 1.58 bits per heavy atom. The lowest BCUT2D eigenvalue weighted by atomic mass is 9.97. The molecular weight excluding hydrogens is 468 g/mol. The maximum atomic E-state index is 13.5. The summed E-state index contributed by atoms with van der Waals surface area (Å²) in [6.07, 6.45) is 6.01. The SMILES string of the molecule is Fc1ccc(C(=CC=Cc2ccc(N(c3ccccc3)c3ccccc3)s2)c2ccc(F)cc2)cc1. The van der Waals surface area contributed by atoms with Crippen molar-refractivity contribution in [2.45, 2.75) is 0 Å². The van der Waals surface area contributed by atoms with E-state index in [-0.39, 0.29) is 11.6 Å². The summed E-state index contributed by atoms with van der Waals surface area (Å²) >= 11 is 1.69. The molecule has 4 heteroatoms. The van der Waals surface area contributed by atoms with Crippen LogP contribution in [0, 0.1) is 11.6 Å². The van der Waals surface area contributed by atoms with Gasteiger partial charge in [-0.1, -0.05) is 72.8 Å². The van der Waals surface area contributed by atoms with Gasteiger partial charge in [0.1, 0.15) is 16.6 Å². The predicted octanol–water partition coefficient (Wildman–Crippen LogP) is 9.64. The van der Waals surface area contributed by atoms with Crippen LogP contribution in [0.2, 0.25) is 0 Å². The normalized spacial score (nSPS) is 10.9. The van der Waals surface area contributed by atoms with Crippen molar-refractivity contribution in [3.8, 4) is 0 Å². The Bertz CT molecular complexity index is 1380. The number of hydrogen-bond acceptors (Lipinski definition) is 2. The van der Waals surface area contributed by atoms with Gasteiger partial charge in [0.05, 0.1) is 0 Å². The molecular formula is C32H23F2NS. The lowest BCUT2D eigenvalue weighted by Crippen LogP contribution is -2.07. The Hall–Kier alpha value is -4.28. The number of hydrogen-bond donors (Lipinski definition) is 0. The molecule has 0 radical (unpaired) electrons. The fourth-order valence-corrected chi connectivity index (χ4v) is 4.93. The highest BCUT2D eigenvalue weighted by Crippen LogP contribution is 2.39. The van der Waals surface area contributed by atoms with E-state index in [0.29, 0.717) is 0 Å². The van der Waals surface area contributed by atoms with Crippen LogP contribution in [0.25, 0.3) is 11.6 Å². The zero-order chi connectivity index (χ0) is 24.7. The molecule has 1 aromatic heterocycles. The predicted molar refractivity (Wildman–Crippen MR) is 148 cm³/mol. The van der Waals surface area contributed by atoms with Crippen LogP contribution in [-0.2, 0) is 0 Å². The van der Waals surface area contributed by atoms with Crippen LogP contribution in [0.1, 0.15) is 16.0 Å². The van der Waals surface area contributed by atoms with E-state index in [9.17, 15) is 8.78 Å². The number of rotatable bonds is 7. The Balaban J connectivity index is 1.46. The molecule has 0 aliphatic rings. The van der Waals surface area contributed by atoms with E-state index < -0.39 is 0 Å². The van der Waals surface area contributed by atoms with Gasteiger partial charge in [0.2, 0.25) is 0 Å². The highest BCUT2D eigenvalue weighted by atomic mass is 32.1. The van der Waals surface area contributed by atoms with Crippen LogP contribution < -0.4 is 4.90 Å². The van der Waals surface area contributed by atoms with Crippen LogP contribution in [-0.4, -0.2) is 0 Å². The van der Waals surface area contributed by atoms with Gasteiger partial charge in [-0.3, -0.25) is 0 Å². The van der Waals surface area contributed by atoms with Crippen LogP contribution >= 0.6 is 11.3 Å². The molecule has 0 fully saturated rings. The molecule has 5 aromatic rings. The van der Waals surface area contributed by atoms with Gasteiger partial charge in [0.25, 0.3) is 0 Å². The average Bonchev–Trinajstić information content (AvgIpc) is 3.38. The molecule has 0 aliphatic heterocycles. The topological polar surface area (TPSA) is 3.24 Å². The molecule has 0 atom stereocenters. The minimum Gasteiger partial charge on any atom is -0.302 e. The van der Waals surface area contributed by atoms with Crippen LogP contribution in [0.4, 0.5) is 25.2 Å². The van der Waals surface area contributed by atoms with E-state index in [1.54, 1.807) is 35.6 Å². The van der Waals surface area contributed by atoms with Crippen molar-refractivity contribution >= 4 is 39.4 Å². The first kappa shape index (κ1) is 23.5. The van der Waals surface area contributed by atoms with Gasteiger partial charge >= 0.3 is 0 Å². The Labute approximate surface area is 213 Å². The van der Waals surface area contributed by atoms with Crippen LogP contribution in [0.3, 0.4) is 0 Å². The number of anilines is 3. The van der Waals surface area contributed by atoms with Crippen molar-refractivity contribution in [3.63, 3.8) is 0 Å². The molecule has 0 saturated heterocycles.